The molecule has 0 spiro atoms. The van der Waals surface area contributed by atoms with Crippen LogP contribution in [0.15, 0.2) is 59.6 Å². The van der Waals surface area contributed by atoms with E-state index in [-0.39, 0.29) is 23.8 Å². The van der Waals surface area contributed by atoms with E-state index in [0.717, 1.165) is 17.4 Å². The molecule has 15 heteroatoms. The highest BCUT2D eigenvalue weighted by Gasteiger charge is 2.44. The third-order valence-electron chi connectivity index (χ3n) is 6.82. The summed E-state index contributed by atoms with van der Waals surface area (Å²) in [6, 6.07) is 2.84. The number of imidazole rings is 1. The SMILES string of the molecule is COc1cc(-c2cn(C3CCC4C(Br)=CC=CC4N(CC(F)(F)F)C3=O)nn2)ccc1-n1cnc(C(F)(F)F)c1. The van der Waals surface area contributed by atoms with Crippen molar-refractivity contribution in [1.82, 2.24) is 29.4 Å². The molecule has 1 saturated heterocycles. The molecule has 1 aliphatic carbocycles. The summed E-state index contributed by atoms with van der Waals surface area (Å²) in [6.07, 6.45) is -0.257. The molecule has 8 nitrogen and oxygen atoms in total. The van der Waals surface area contributed by atoms with Crippen molar-refractivity contribution in [2.45, 2.75) is 37.3 Å². The van der Waals surface area contributed by atoms with Crippen molar-refractivity contribution in [3.05, 3.63) is 65.3 Å². The Kier molecular flexibility index (Phi) is 7.27. The fraction of sp³-hybridized carbons (Fsp3) is 0.360. The maximum Gasteiger partial charge on any atom is 0.434 e. The van der Waals surface area contributed by atoms with Gasteiger partial charge in [0.05, 0.1) is 31.4 Å². The number of hydrogen-bond donors (Lipinski definition) is 0. The molecule has 0 N–H and O–H groups in total. The fourth-order valence-corrected chi connectivity index (χ4v) is 5.60. The molecular formula is C25H21BrF6N6O2. The fourth-order valence-electron chi connectivity index (χ4n) is 4.95. The van der Waals surface area contributed by atoms with Crippen LogP contribution in [0, 0.1) is 5.92 Å². The average molecular weight is 631 g/mol. The number of aromatic nitrogens is 5. The first-order valence-electron chi connectivity index (χ1n) is 12.0. The average Bonchev–Trinajstić information content (AvgIpc) is 3.55. The summed E-state index contributed by atoms with van der Waals surface area (Å²) in [4.78, 5) is 17.7. The molecule has 1 fully saturated rings. The lowest BCUT2D eigenvalue weighted by atomic mass is 9.90. The van der Waals surface area contributed by atoms with E-state index < -0.39 is 42.6 Å². The van der Waals surface area contributed by atoms with E-state index in [2.05, 4.69) is 31.2 Å². The minimum Gasteiger partial charge on any atom is -0.495 e. The molecule has 3 atom stereocenters. The smallest absolute Gasteiger partial charge is 0.434 e. The van der Waals surface area contributed by atoms with E-state index in [1.807, 2.05) is 0 Å². The van der Waals surface area contributed by atoms with E-state index in [1.54, 1.807) is 24.3 Å². The summed E-state index contributed by atoms with van der Waals surface area (Å²) >= 11 is 3.43. The predicted octanol–water partition coefficient (Wildman–Crippen LogP) is 5.72. The van der Waals surface area contributed by atoms with Gasteiger partial charge in [-0.15, -0.1) is 5.10 Å². The van der Waals surface area contributed by atoms with Gasteiger partial charge >= 0.3 is 12.4 Å². The lowest BCUT2D eigenvalue weighted by Crippen LogP contribution is -2.49. The summed E-state index contributed by atoms with van der Waals surface area (Å²) in [5.74, 6) is -0.837. The molecule has 0 radical (unpaired) electrons. The highest BCUT2D eigenvalue weighted by atomic mass is 79.9. The number of alkyl halides is 6. The lowest BCUT2D eigenvalue weighted by Gasteiger charge is -2.35. The van der Waals surface area contributed by atoms with Crippen molar-refractivity contribution in [3.63, 3.8) is 0 Å². The quantitative estimate of drug-likeness (QED) is 0.337. The van der Waals surface area contributed by atoms with Crippen LogP contribution in [0.2, 0.25) is 0 Å². The third kappa shape index (κ3) is 5.51. The van der Waals surface area contributed by atoms with Gasteiger partial charge in [-0.05, 0) is 25.0 Å². The third-order valence-corrected chi connectivity index (χ3v) is 7.67. The summed E-state index contributed by atoms with van der Waals surface area (Å²) in [5, 5.41) is 8.16. The number of carbonyl (C=O) groups is 1. The Balaban J connectivity index is 1.44. The number of halogens is 7. The number of carbonyl (C=O) groups excluding carboxylic acids is 1. The Morgan fingerprint density at radius 2 is 1.90 bits per heavy atom. The molecule has 40 heavy (non-hydrogen) atoms. The van der Waals surface area contributed by atoms with Crippen molar-refractivity contribution in [2.75, 3.05) is 13.7 Å². The van der Waals surface area contributed by atoms with Crippen LogP contribution < -0.4 is 4.74 Å². The topological polar surface area (TPSA) is 78.1 Å². The van der Waals surface area contributed by atoms with E-state index in [4.69, 9.17) is 4.74 Å². The maximum absolute atomic E-state index is 13.5. The van der Waals surface area contributed by atoms with Crippen LogP contribution in [0.1, 0.15) is 24.6 Å². The standard InChI is InChI=1S/C25H21BrF6N6O2/c1-40-21-9-14(5-7-19(21)36-11-22(33-13-36)25(30,31)32)17-10-38(35-34-17)20-8-6-15-16(26)3-2-4-18(15)37(23(20)39)12-24(27,28)29/h2-5,7,9-11,13,15,18,20H,6,8,12H2,1H3. The second kappa shape index (κ2) is 10.4. The number of allylic oxidation sites excluding steroid dienone is 2. The lowest BCUT2D eigenvalue weighted by molar-refractivity contribution is -0.166. The molecular weight excluding hydrogens is 610 g/mol. The van der Waals surface area contributed by atoms with Crippen molar-refractivity contribution >= 4 is 21.8 Å². The summed E-state index contributed by atoms with van der Waals surface area (Å²) in [6.45, 7) is -1.40. The van der Waals surface area contributed by atoms with Crippen LogP contribution in [0.5, 0.6) is 5.75 Å². The van der Waals surface area contributed by atoms with Gasteiger partial charge in [0.15, 0.2) is 5.69 Å². The molecule has 212 valence electrons. The highest BCUT2D eigenvalue weighted by molar-refractivity contribution is 9.11. The number of benzene rings is 1. The highest BCUT2D eigenvalue weighted by Crippen LogP contribution is 2.40. The normalized spacial score (nSPS) is 21.7. The number of nitrogens with zero attached hydrogens (tertiary/aromatic N) is 6. The van der Waals surface area contributed by atoms with Crippen LogP contribution in [-0.4, -0.2) is 61.2 Å². The zero-order valence-corrected chi connectivity index (χ0v) is 22.3. The maximum atomic E-state index is 13.5. The number of fused-ring (bicyclic) bond motifs is 1. The van der Waals surface area contributed by atoms with Gasteiger partial charge in [-0.2, -0.15) is 26.3 Å². The van der Waals surface area contributed by atoms with Crippen LogP contribution in [-0.2, 0) is 11.0 Å². The number of rotatable bonds is 5. The van der Waals surface area contributed by atoms with Crippen LogP contribution >= 0.6 is 15.9 Å². The number of amides is 1. The first-order chi connectivity index (χ1) is 18.9. The summed E-state index contributed by atoms with van der Waals surface area (Å²) in [7, 11) is 1.35. The molecule has 1 aromatic carbocycles. The Morgan fingerprint density at radius 3 is 2.58 bits per heavy atom. The van der Waals surface area contributed by atoms with Gasteiger partial charge in [-0.25, -0.2) is 9.67 Å². The first-order valence-corrected chi connectivity index (χ1v) is 12.8. The largest absolute Gasteiger partial charge is 0.495 e. The number of hydrogen-bond acceptors (Lipinski definition) is 5. The van der Waals surface area contributed by atoms with Gasteiger partial charge in [0.2, 0.25) is 5.91 Å². The number of ether oxygens (including phenoxy) is 1. The minimum atomic E-state index is -4.61. The molecule has 5 rings (SSSR count). The van der Waals surface area contributed by atoms with Gasteiger partial charge in [0.25, 0.3) is 0 Å². The Bertz CT molecular complexity index is 1480. The number of likely N-dealkylation sites (tertiary alicyclic amines) is 1. The van der Waals surface area contributed by atoms with Crippen LogP contribution in [0.25, 0.3) is 16.9 Å². The van der Waals surface area contributed by atoms with Crippen molar-refractivity contribution in [1.29, 1.82) is 0 Å². The van der Waals surface area contributed by atoms with Crippen molar-refractivity contribution < 1.29 is 35.9 Å². The van der Waals surface area contributed by atoms with Gasteiger partial charge in [0, 0.05) is 22.2 Å². The Morgan fingerprint density at radius 1 is 1.12 bits per heavy atom. The monoisotopic (exact) mass is 630 g/mol. The van der Waals surface area contributed by atoms with Crippen molar-refractivity contribution in [3.8, 4) is 22.7 Å². The van der Waals surface area contributed by atoms with E-state index >= 15 is 0 Å². The van der Waals surface area contributed by atoms with Gasteiger partial charge in [-0.1, -0.05) is 45.4 Å². The van der Waals surface area contributed by atoms with E-state index in [1.165, 1.54) is 34.7 Å². The second-order valence-electron chi connectivity index (χ2n) is 9.34. The Hall–Kier alpha value is -3.62. The molecule has 0 saturated carbocycles. The van der Waals surface area contributed by atoms with Gasteiger partial charge in [-0.3, -0.25) is 4.79 Å². The second-order valence-corrected chi connectivity index (χ2v) is 10.3. The molecule has 3 aromatic rings. The zero-order valence-electron chi connectivity index (χ0n) is 20.7. The molecule has 1 aliphatic heterocycles. The summed E-state index contributed by atoms with van der Waals surface area (Å²) < 4.78 is 87.9. The van der Waals surface area contributed by atoms with Crippen LogP contribution in [0.4, 0.5) is 26.3 Å². The van der Waals surface area contributed by atoms with Gasteiger partial charge in [0.1, 0.15) is 24.0 Å². The molecule has 2 aliphatic rings. The molecule has 2 aromatic heterocycles. The summed E-state index contributed by atoms with van der Waals surface area (Å²) in [5.41, 5.74) is -0.00693. The Labute approximate surface area is 232 Å². The van der Waals surface area contributed by atoms with E-state index in [0.29, 0.717) is 22.2 Å². The van der Waals surface area contributed by atoms with Crippen molar-refractivity contribution in [2.24, 2.45) is 5.92 Å². The zero-order chi connectivity index (χ0) is 28.8. The molecule has 1 amide bonds. The van der Waals surface area contributed by atoms with E-state index in [9.17, 15) is 31.1 Å². The first kappa shape index (κ1) is 27.9. The minimum absolute atomic E-state index is 0.215. The predicted molar refractivity (Wildman–Crippen MR) is 134 cm³/mol. The van der Waals surface area contributed by atoms with Crippen LogP contribution in [0.3, 0.4) is 0 Å². The molecule has 3 heterocycles. The molecule has 3 unspecified atom stereocenters. The molecule has 0 bridgehead atoms. The van der Waals surface area contributed by atoms with Gasteiger partial charge < -0.3 is 14.2 Å². The number of methoxy groups -OCH3 is 1.